The Morgan fingerprint density at radius 3 is 2.55 bits per heavy atom. The molecule has 0 heterocycles. The van der Waals surface area contributed by atoms with Crippen molar-refractivity contribution in [2.75, 3.05) is 0 Å². The zero-order valence-corrected chi connectivity index (χ0v) is 12.9. The van der Waals surface area contributed by atoms with Crippen LogP contribution >= 0.6 is 0 Å². The van der Waals surface area contributed by atoms with Gasteiger partial charge in [-0.05, 0) is 44.9 Å². The van der Waals surface area contributed by atoms with Crippen molar-refractivity contribution in [2.45, 2.75) is 38.8 Å². The number of hydrogen-bond donors (Lipinski definition) is 2. The van der Waals surface area contributed by atoms with Gasteiger partial charge in [-0.1, -0.05) is 12.1 Å². The quantitative estimate of drug-likeness (QED) is 0.629. The van der Waals surface area contributed by atoms with E-state index in [0.29, 0.717) is 11.1 Å². The van der Waals surface area contributed by atoms with Gasteiger partial charge in [0.2, 0.25) is 0 Å². The predicted molar refractivity (Wildman–Crippen MR) is 79.8 cm³/mol. The van der Waals surface area contributed by atoms with Gasteiger partial charge in [-0.2, -0.15) is 5.26 Å². The topological polar surface area (TPSA) is 113 Å². The molecule has 0 spiro atoms. The van der Waals surface area contributed by atoms with E-state index >= 15 is 0 Å². The van der Waals surface area contributed by atoms with E-state index in [0.717, 1.165) is 0 Å². The monoisotopic (exact) mass is 304 g/mol. The lowest BCUT2D eigenvalue weighted by Gasteiger charge is -2.25. The normalized spacial score (nSPS) is 13.8. The Kier molecular flexibility index (Phi) is 5.66. The van der Waals surface area contributed by atoms with E-state index < -0.39 is 29.5 Å². The summed E-state index contributed by atoms with van der Waals surface area (Å²) < 4.78 is 5.11. The molecule has 1 aromatic carbocycles. The second-order valence-corrected chi connectivity index (χ2v) is 6.03. The molecular weight excluding hydrogens is 284 g/mol. The highest BCUT2D eigenvalue weighted by molar-refractivity contribution is 5.95. The summed E-state index contributed by atoms with van der Waals surface area (Å²) in [5.41, 5.74) is 6.26. The zero-order valence-electron chi connectivity index (χ0n) is 12.9. The molecule has 0 saturated heterocycles. The number of aliphatic carboxylic acids is 1. The van der Waals surface area contributed by atoms with Gasteiger partial charge in [0.1, 0.15) is 5.60 Å². The third-order valence-corrected chi connectivity index (χ3v) is 2.88. The van der Waals surface area contributed by atoms with Gasteiger partial charge in [0.15, 0.2) is 5.92 Å². The third kappa shape index (κ3) is 5.19. The van der Waals surface area contributed by atoms with E-state index in [9.17, 15) is 14.7 Å². The number of carboxylic acid groups (broad SMARTS) is 1. The van der Waals surface area contributed by atoms with Gasteiger partial charge in [0.05, 0.1) is 11.6 Å². The molecule has 1 rings (SSSR count). The predicted octanol–water partition coefficient (Wildman–Crippen LogP) is 1.47. The largest absolute Gasteiger partial charge is 0.481 e. The summed E-state index contributed by atoms with van der Waals surface area (Å²) in [6.45, 7) is 4.98. The number of nitriles is 1. The molecule has 6 nitrogen and oxygen atoms in total. The third-order valence-electron chi connectivity index (χ3n) is 2.88. The van der Waals surface area contributed by atoms with Crippen molar-refractivity contribution in [1.82, 2.24) is 0 Å². The molecule has 22 heavy (non-hydrogen) atoms. The van der Waals surface area contributed by atoms with Gasteiger partial charge in [-0.25, -0.2) is 0 Å². The Balaban J connectivity index is 2.90. The summed E-state index contributed by atoms with van der Waals surface area (Å²) in [6.07, 6.45) is 0.158. The minimum absolute atomic E-state index is 0.158. The van der Waals surface area contributed by atoms with Gasteiger partial charge < -0.3 is 15.6 Å². The second-order valence-electron chi connectivity index (χ2n) is 6.03. The maximum atomic E-state index is 12.0. The van der Waals surface area contributed by atoms with E-state index in [-0.39, 0.29) is 6.42 Å². The van der Waals surface area contributed by atoms with Crippen LogP contribution in [-0.4, -0.2) is 28.7 Å². The first kappa shape index (κ1) is 17.7. The highest BCUT2D eigenvalue weighted by atomic mass is 16.6. The van der Waals surface area contributed by atoms with Crippen LogP contribution in [0.5, 0.6) is 0 Å². The highest BCUT2D eigenvalue weighted by Crippen LogP contribution is 2.17. The molecule has 0 aliphatic heterocycles. The van der Waals surface area contributed by atoms with Crippen molar-refractivity contribution < 1.29 is 19.4 Å². The molecule has 0 amide bonds. The first-order valence-electron chi connectivity index (χ1n) is 6.84. The molecule has 0 fully saturated rings. The van der Waals surface area contributed by atoms with E-state index in [1.54, 1.807) is 45.0 Å². The summed E-state index contributed by atoms with van der Waals surface area (Å²) in [6, 6.07) is 7.73. The maximum Gasteiger partial charge on any atom is 0.322 e. The number of benzene rings is 1. The number of nitrogens with zero attached hydrogens (tertiary/aromatic N) is 1. The van der Waals surface area contributed by atoms with Crippen molar-refractivity contribution in [3.05, 3.63) is 35.4 Å². The van der Waals surface area contributed by atoms with E-state index in [4.69, 9.17) is 15.7 Å². The number of nitrogens with two attached hydrogens (primary N) is 1. The van der Waals surface area contributed by atoms with Crippen LogP contribution in [0.3, 0.4) is 0 Å². The van der Waals surface area contributed by atoms with Crippen molar-refractivity contribution in [3.63, 3.8) is 0 Å². The fourth-order valence-corrected chi connectivity index (χ4v) is 1.98. The van der Waals surface area contributed by atoms with E-state index in [2.05, 4.69) is 0 Å². The maximum absolute atomic E-state index is 12.0. The number of carbonyl (C=O) groups is 2. The summed E-state index contributed by atoms with van der Waals surface area (Å²) in [4.78, 5) is 23.4. The van der Waals surface area contributed by atoms with Crippen LogP contribution in [0, 0.1) is 17.2 Å². The molecule has 0 aliphatic rings. The van der Waals surface area contributed by atoms with E-state index in [1.165, 1.54) is 0 Å². The zero-order chi connectivity index (χ0) is 16.9. The summed E-state index contributed by atoms with van der Waals surface area (Å²) in [5, 5.41) is 18.1. The van der Waals surface area contributed by atoms with Crippen LogP contribution in [0.15, 0.2) is 24.3 Å². The lowest BCUT2D eigenvalue weighted by atomic mass is 9.93. The van der Waals surface area contributed by atoms with Crippen LogP contribution in [0.2, 0.25) is 0 Å². The molecule has 0 radical (unpaired) electrons. The van der Waals surface area contributed by atoms with Crippen molar-refractivity contribution in [1.29, 1.82) is 5.26 Å². The summed E-state index contributed by atoms with van der Waals surface area (Å²) in [7, 11) is 0. The summed E-state index contributed by atoms with van der Waals surface area (Å²) in [5.74, 6) is -3.63. The average Bonchev–Trinajstić information content (AvgIpc) is 2.36. The molecule has 6 heteroatoms. The first-order valence-corrected chi connectivity index (χ1v) is 6.84. The molecular formula is C16H20N2O4. The number of esters is 1. The van der Waals surface area contributed by atoms with Crippen LogP contribution in [0.4, 0.5) is 0 Å². The smallest absolute Gasteiger partial charge is 0.322 e. The summed E-state index contributed by atoms with van der Waals surface area (Å²) >= 11 is 0. The lowest BCUT2D eigenvalue weighted by Crippen LogP contribution is -2.45. The highest BCUT2D eigenvalue weighted by Gasteiger charge is 2.36. The fourth-order valence-electron chi connectivity index (χ4n) is 1.98. The van der Waals surface area contributed by atoms with Crippen LogP contribution < -0.4 is 5.73 Å². The van der Waals surface area contributed by atoms with Gasteiger partial charge in [-0.3, -0.25) is 9.59 Å². The molecule has 2 atom stereocenters. The van der Waals surface area contributed by atoms with Gasteiger partial charge in [0, 0.05) is 6.04 Å². The van der Waals surface area contributed by atoms with E-state index in [1.807, 2.05) is 6.07 Å². The number of carbonyl (C=O) groups excluding carboxylic acids is 1. The SMILES string of the molecule is CC(C)(C)OC(=O)[C@H](C(=O)O)C(N)Cc1cccc(C#N)c1. The van der Waals surface area contributed by atoms with Crippen LogP contribution in [0.25, 0.3) is 0 Å². The molecule has 1 aromatic rings. The molecule has 0 aromatic heterocycles. The number of rotatable bonds is 5. The standard InChI is InChI=1S/C16H20N2O4/c1-16(2,3)22-15(21)13(14(19)20)12(18)8-10-5-4-6-11(7-10)9-17/h4-7,12-13H,8,18H2,1-3H3,(H,19,20)/t12?,13-/m0/s1. The van der Waals surface area contributed by atoms with Crippen molar-refractivity contribution >= 4 is 11.9 Å². The van der Waals surface area contributed by atoms with Crippen LogP contribution in [-0.2, 0) is 20.7 Å². The molecule has 3 N–H and O–H groups in total. The molecule has 1 unspecified atom stereocenters. The minimum Gasteiger partial charge on any atom is -0.481 e. The minimum atomic E-state index is -1.45. The number of ether oxygens (including phenoxy) is 1. The molecule has 0 bridgehead atoms. The van der Waals surface area contributed by atoms with Gasteiger partial charge >= 0.3 is 11.9 Å². The van der Waals surface area contributed by atoms with Crippen molar-refractivity contribution in [3.8, 4) is 6.07 Å². The van der Waals surface area contributed by atoms with Gasteiger partial charge in [0.25, 0.3) is 0 Å². The second kappa shape index (κ2) is 7.05. The Morgan fingerprint density at radius 2 is 2.05 bits per heavy atom. The number of hydrogen-bond acceptors (Lipinski definition) is 5. The van der Waals surface area contributed by atoms with Crippen LogP contribution in [0.1, 0.15) is 31.9 Å². The fraction of sp³-hybridized carbons (Fsp3) is 0.438. The molecule has 118 valence electrons. The van der Waals surface area contributed by atoms with Crippen molar-refractivity contribution in [2.24, 2.45) is 11.7 Å². The average molecular weight is 304 g/mol. The first-order chi connectivity index (χ1) is 10.1. The molecule has 0 aliphatic carbocycles. The number of carboxylic acids is 1. The Bertz CT molecular complexity index is 599. The van der Waals surface area contributed by atoms with Gasteiger partial charge in [-0.15, -0.1) is 0 Å². The molecule has 0 saturated carbocycles. The Labute approximate surface area is 129 Å². The lowest BCUT2D eigenvalue weighted by molar-refractivity contribution is -0.167. The Morgan fingerprint density at radius 1 is 1.41 bits per heavy atom. The Hall–Kier alpha value is -2.39.